The zero-order chi connectivity index (χ0) is 40.5. The molecule has 0 aliphatic rings. The second kappa shape index (κ2) is 23.9. The molecule has 5 aromatic heterocycles. The smallest absolute Gasteiger partial charge is 0.850 e. The Morgan fingerprint density at radius 1 is 0.596 bits per heavy atom. The SMILES string of the molecule is CC(C)(C)[O-].CCN(CC)c1ccc(-c2nc(-n3cccn3)nc(-n3cccn3)n2)cc1.CCN(CC)c1ccc(-c2nc(Cl)nc(Cl)n2)cc1.[K+].c1cn[nH]c1. The van der Waals surface area contributed by atoms with Gasteiger partial charge in [0, 0.05) is 85.9 Å². The molecule has 7 rings (SSSR count). The van der Waals surface area contributed by atoms with Gasteiger partial charge < -0.3 is 14.9 Å². The average molecular weight is 838 g/mol. The second-order valence-electron chi connectivity index (χ2n) is 12.7. The van der Waals surface area contributed by atoms with Gasteiger partial charge in [0.2, 0.25) is 10.6 Å². The number of aromatic nitrogens is 12. The van der Waals surface area contributed by atoms with Crippen LogP contribution in [0.1, 0.15) is 48.5 Å². The minimum Gasteiger partial charge on any atom is -0.850 e. The van der Waals surface area contributed by atoms with Crippen molar-refractivity contribution in [3.63, 3.8) is 0 Å². The van der Waals surface area contributed by atoms with Crippen LogP contribution in [0.2, 0.25) is 10.6 Å². The van der Waals surface area contributed by atoms with Gasteiger partial charge in [-0.3, -0.25) is 5.10 Å². The van der Waals surface area contributed by atoms with Gasteiger partial charge in [-0.15, -0.1) is 5.60 Å². The summed E-state index contributed by atoms with van der Waals surface area (Å²) in [7, 11) is 0. The number of hydrogen-bond acceptors (Lipinski definition) is 12. The predicted octanol–water partition coefficient (Wildman–Crippen LogP) is 4.01. The van der Waals surface area contributed by atoms with E-state index in [1.807, 2.05) is 54.6 Å². The van der Waals surface area contributed by atoms with Crippen LogP contribution < -0.4 is 66.3 Å². The van der Waals surface area contributed by atoms with Crippen LogP contribution in [-0.2, 0) is 0 Å². The van der Waals surface area contributed by atoms with Crippen molar-refractivity contribution in [2.24, 2.45) is 0 Å². The number of hydrogen-bond donors (Lipinski definition) is 1. The topological polar surface area (TPSA) is 171 Å². The summed E-state index contributed by atoms with van der Waals surface area (Å²) in [6.07, 6.45) is 10.4. The summed E-state index contributed by atoms with van der Waals surface area (Å²) < 4.78 is 3.23. The number of halogens is 2. The molecule has 0 atom stereocenters. The van der Waals surface area contributed by atoms with E-state index in [0.29, 0.717) is 23.5 Å². The Morgan fingerprint density at radius 2 is 1.00 bits per heavy atom. The Bertz CT molecular complexity index is 2020. The summed E-state index contributed by atoms with van der Waals surface area (Å²) in [5, 5.41) is 25.0. The van der Waals surface area contributed by atoms with E-state index in [1.54, 1.807) is 67.3 Å². The van der Waals surface area contributed by atoms with Gasteiger partial charge in [-0.25, -0.2) is 9.36 Å². The van der Waals surface area contributed by atoms with Crippen molar-refractivity contribution < 1.29 is 56.5 Å². The first-order valence-corrected chi connectivity index (χ1v) is 18.9. The third kappa shape index (κ3) is 15.6. The predicted molar refractivity (Wildman–Crippen MR) is 220 cm³/mol. The molecule has 0 spiro atoms. The summed E-state index contributed by atoms with van der Waals surface area (Å²) in [4.78, 5) is 30.1. The molecule has 294 valence electrons. The van der Waals surface area contributed by atoms with Gasteiger partial charge in [-0.1, -0.05) is 20.8 Å². The molecule has 0 aliphatic carbocycles. The fraction of sp³-hybridized carbons (Fsp3) is 0.308. The molecule has 7 aromatic rings. The zero-order valence-electron chi connectivity index (χ0n) is 33.6. The monoisotopic (exact) mass is 836 g/mol. The van der Waals surface area contributed by atoms with Gasteiger partial charge in [0.25, 0.3) is 11.9 Å². The van der Waals surface area contributed by atoms with Crippen molar-refractivity contribution >= 4 is 34.6 Å². The molecule has 2 aromatic carbocycles. The number of nitrogens with zero attached hydrogens (tertiary/aromatic N) is 13. The van der Waals surface area contributed by atoms with Gasteiger partial charge in [0.15, 0.2) is 11.6 Å². The molecule has 0 aliphatic heterocycles. The summed E-state index contributed by atoms with van der Waals surface area (Å²) in [6, 6.07) is 21.7. The minimum atomic E-state index is -0.750. The molecule has 0 amide bonds. The molecule has 0 saturated carbocycles. The van der Waals surface area contributed by atoms with Crippen LogP contribution in [0.25, 0.3) is 34.7 Å². The number of anilines is 2. The molecule has 0 fully saturated rings. The van der Waals surface area contributed by atoms with Crippen LogP contribution in [0.3, 0.4) is 0 Å². The molecule has 15 nitrogen and oxygen atoms in total. The molecule has 0 unspecified atom stereocenters. The number of benzene rings is 2. The van der Waals surface area contributed by atoms with Gasteiger partial charge >= 0.3 is 51.4 Å². The van der Waals surface area contributed by atoms with E-state index < -0.39 is 5.60 Å². The molecule has 5 heterocycles. The Balaban J connectivity index is 0.000000251. The van der Waals surface area contributed by atoms with Crippen molar-refractivity contribution in [1.82, 2.24) is 59.7 Å². The normalized spacial score (nSPS) is 10.4. The molecule has 0 saturated heterocycles. The first kappa shape index (κ1) is 47.2. The van der Waals surface area contributed by atoms with E-state index in [2.05, 4.69) is 99.9 Å². The zero-order valence-corrected chi connectivity index (χ0v) is 38.3. The standard InChI is InChI=1S/C19H20N8.C13H14Cl2N4.C4H9O.C3H4N2.K/c1-3-25(4-2)16-9-7-15(8-10-16)17-22-18(26-13-5-11-20-26)24-19(23-17)27-14-6-12-21-27;1-3-19(4-2)10-7-5-9(6-8-10)11-16-12(14)18-13(15)17-11;1-4(2,3)5;1-2-4-5-3-1;/h5-14H,3-4H2,1-2H3;5-8H,3-4H2,1-2H3;1-3H3;1-3H,(H,4,5);/q;;-1;;+1. The first-order chi connectivity index (χ1) is 26.9. The van der Waals surface area contributed by atoms with Crippen LogP contribution in [0.15, 0.2) is 104 Å². The van der Waals surface area contributed by atoms with Crippen LogP contribution >= 0.6 is 23.2 Å². The largest absolute Gasteiger partial charge is 1.00 e. The molecule has 18 heteroatoms. The molecule has 57 heavy (non-hydrogen) atoms. The Kier molecular flexibility index (Phi) is 19.8. The number of aromatic amines is 1. The quantitative estimate of drug-likeness (QED) is 0.197. The summed E-state index contributed by atoms with van der Waals surface area (Å²) in [6.45, 7) is 17.3. The number of nitrogens with one attached hydrogen (secondary N) is 1. The van der Waals surface area contributed by atoms with E-state index in [1.165, 1.54) is 11.4 Å². The first-order valence-electron chi connectivity index (χ1n) is 18.1. The third-order valence-corrected chi connectivity index (χ3v) is 7.86. The maximum Gasteiger partial charge on any atom is 1.00 e. The minimum absolute atomic E-state index is 0. The van der Waals surface area contributed by atoms with Gasteiger partial charge in [0.1, 0.15) is 0 Å². The number of rotatable bonds is 10. The Labute approximate surface area is 386 Å². The Hall–Kier alpha value is -4.13. The van der Waals surface area contributed by atoms with Crippen molar-refractivity contribution in [3.8, 4) is 34.7 Å². The molecular weight excluding hydrogens is 791 g/mol. The van der Waals surface area contributed by atoms with Crippen LogP contribution in [0.5, 0.6) is 0 Å². The van der Waals surface area contributed by atoms with Gasteiger partial charge in [0.05, 0.1) is 0 Å². The summed E-state index contributed by atoms with van der Waals surface area (Å²) in [5.41, 5.74) is 3.37. The van der Waals surface area contributed by atoms with Crippen molar-refractivity contribution in [2.75, 3.05) is 36.0 Å². The van der Waals surface area contributed by atoms with Crippen molar-refractivity contribution in [1.29, 1.82) is 0 Å². The van der Waals surface area contributed by atoms with Crippen LogP contribution in [0.4, 0.5) is 11.4 Å². The molecule has 0 bridgehead atoms. The molecule has 0 radical (unpaired) electrons. The van der Waals surface area contributed by atoms with E-state index >= 15 is 0 Å². The van der Waals surface area contributed by atoms with Crippen molar-refractivity contribution in [2.45, 2.75) is 54.1 Å². The van der Waals surface area contributed by atoms with Crippen LogP contribution in [0, 0.1) is 0 Å². The fourth-order valence-corrected chi connectivity index (χ4v) is 5.32. The summed E-state index contributed by atoms with van der Waals surface area (Å²) in [5.74, 6) is 1.95. The van der Waals surface area contributed by atoms with E-state index in [-0.39, 0.29) is 62.0 Å². The van der Waals surface area contributed by atoms with E-state index in [4.69, 9.17) is 23.2 Å². The fourth-order valence-electron chi connectivity index (χ4n) is 4.95. The number of H-pyrrole nitrogens is 1. The maximum atomic E-state index is 10.1. The summed E-state index contributed by atoms with van der Waals surface area (Å²) >= 11 is 11.5. The van der Waals surface area contributed by atoms with Crippen LogP contribution in [-0.4, -0.2) is 91.4 Å². The molecule has 1 N–H and O–H groups in total. The van der Waals surface area contributed by atoms with Crippen molar-refractivity contribution in [3.05, 3.63) is 114 Å². The van der Waals surface area contributed by atoms with Gasteiger partial charge in [-0.2, -0.15) is 45.2 Å². The van der Waals surface area contributed by atoms with E-state index in [9.17, 15) is 5.11 Å². The average Bonchev–Trinajstić information content (AvgIpc) is 4.02. The second-order valence-corrected chi connectivity index (χ2v) is 13.4. The van der Waals surface area contributed by atoms with Gasteiger partial charge in [-0.05, 0) is 118 Å². The Morgan fingerprint density at radius 3 is 1.30 bits per heavy atom. The third-order valence-electron chi connectivity index (χ3n) is 7.53. The van der Waals surface area contributed by atoms with E-state index in [0.717, 1.165) is 37.3 Å². The maximum absolute atomic E-state index is 10.1. The molecular formula is C39H47Cl2KN14O.